The minimum absolute atomic E-state index is 0.313. The lowest BCUT2D eigenvalue weighted by Crippen LogP contribution is -2.41. The maximum absolute atomic E-state index is 12.7. The van der Waals surface area contributed by atoms with Crippen LogP contribution in [0.2, 0.25) is 0 Å². The van der Waals surface area contributed by atoms with Crippen LogP contribution in [-0.4, -0.2) is 50.0 Å². The molecule has 1 saturated heterocycles. The van der Waals surface area contributed by atoms with Crippen LogP contribution in [0.3, 0.4) is 0 Å². The molecule has 0 bridgehead atoms. The number of nitrogens with zero attached hydrogens (tertiary/aromatic N) is 4. The van der Waals surface area contributed by atoms with Gasteiger partial charge in [-0.2, -0.15) is 18.4 Å². The topological polar surface area (TPSA) is 84.0 Å². The molecule has 2 heterocycles. The highest BCUT2D eigenvalue weighted by atomic mass is 32.2. The molecular weight excluding hydrogens is 467 g/mol. The number of aromatic nitrogens is 4. The lowest BCUT2D eigenvalue weighted by atomic mass is 9.94. The van der Waals surface area contributed by atoms with Crippen LogP contribution in [0.1, 0.15) is 36.5 Å². The molecule has 1 aliphatic heterocycles. The summed E-state index contributed by atoms with van der Waals surface area (Å²) in [7, 11) is 0. The smallest absolute Gasteiger partial charge is 0.410 e. The van der Waals surface area contributed by atoms with Gasteiger partial charge >= 0.3 is 12.3 Å². The van der Waals surface area contributed by atoms with Crippen molar-refractivity contribution in [2.75, 3.05) is 13.1 Å². The molecule has 11 heteroatoms. The van der Waals surface area contributed by atoms with E-state index in [1.165, 1.54) is 12.1 Å². The van der Waals surface area contributed by atoms with Crippen LogP contribution >= 0.6 is 11.8 Å². The largest absolute Gasteiger partial charge is 0.416 e. The predicted molar refractivity (Wildman–Crippen MR) is 121 cm³/mol. The van der Waals surface area contributed by atoms with Gasteiger partial charge in [-0.1, -0.05) is 43.0 Å². The highest BCUT2D eigenvalue weighted by molar-refractivity contribution is 7.99. The van der Waals surface area contributed by atoms with Crippen LogP contribution in [0.25, 0.3) is 0 Å². The van der Waals surface area contributed by atoms with E-state index >= 15 is 0 Å². The van der Waals surface area contributed by atoms with Gasteiger partial charge in [0.1, 0.15) is 5.75 Å². The van der Waals surface area contributed by atoms with E-state index in [4.69, 9.17) is 4.74 Å². The van der Waals surface area contributed by atoms with Gasteiger partial charge in [0.05, 0.1) is 5.56 Å². The Labute approximate surface area is 199 Å². The van der Waals surface area contributed by atoms with Gasteiger partial charge in [0.2, 0.25) is 5.16 Å². The summed E-state index contributed by atoms with van der Waals surface area (Å²) < 4.78 is 43.6. The van der Waals surface area contributed by atoms with Crippen LogP contribution in [0.15, 0.2) is 53.7 Å². The van der Waals surface area contributed by atoms with Gasteiger partial charge in [-0.05, 0) is 65.8 Å². The van der Waals surface area contributed by atoms with Crippen molar-refractivity contribution in [1.82, 2.24) is 25.5 Å². The van der Waals surface area contributed by atoms with E-state index in [1.807, 2.05) is 12.1 Å². The number of nitrogens with one attached hydrogen (secondary N) is 1. The molecule has 1 amide bonds. The quantitative estimate of drug-likeness (QED) is 0.477. The Hall–Kier alpha value is -3.08. The van der Waals surface area contributed by atoms with E-state index in [9.17, 15) is 18.0 Å². The number of likely N-dealkylation sites (tertiary alicyclic amines) is 1. The fourth-order valence-corrected chi connectivity index (χ4v) is 4.88. The molecule has 1 fully saturated rings. The van der Waals surface area contributed by atoms with Gasteiger partial charge in [-0.15, -0.1) is 10.2 Å². The van der Waals surface area contributed by atoms with Crippen molar-refractivity contribution in [3.05, 3.63) is 65.2 Å². The Morgan fingerprint density at radius 1 is 1.12 bits per heavy atom. The number of ether oxygens (including phenoxy) is 1. The van der Waals surface area contributed by atoms with Crippen LogP contribution in [0.4, 0.5) is 18.0 Å². The standard InChI is InChI=1S/C23H24F3N5O2S/c1-15(34-21-27-29-30-28-21)18-10-12-31(13-11-18)22(32)33-20-8-4-17(5-9-20)14-16-2-6-19(7-3-16)23(24,25)26/h2-9,15,18H,10-14H2,1H3,(H,27,28,29,30). The van der Waals surface area contributed by atoms with Crippen LogP contribution in [0.5, 0.6) is 5.75 Å². The first-order valence-electron chi connectivity index (χ1n) is 10.9. The summed E-state index contributed by atoms with van der Waals surface area (Å²) in [6, 6.07) is 12.1. The molecule has 0 saturated carbocycles. The SMILES string of the molecule is CC(Sc1nn[nH]n1)C1CCN(C(=O)Oc2ccc(Cc3ccc(C(F)(F)F)cc3)cc2)CC1. The number of piperidine rings is 1. The molecule has 1 aliphatic rings. The van der Waals surface area contributed by atoms with Gasteiger partial charge in [-0.3, -0.25) is 0 Å². The van der Waals surface area contributed by atoms with Crippen LogP contribution in [-0.2, 0) is 12.6 Å². The number of benzene rings is 2. The number of hydrogen-bond acceptors (Lipinski definition) is 6. The molecule has 4 rings (SSSR count). The number of hydrogen-bond donors (Lipinski definition) is 1. The van der Waals surface area contributed by atoms with Crippen molar-refractivity contribution < 1.29 is 22.7 Å². The average molecular weight is 492 g/mol. The molecule has 2 aromatic carbocycles. The average Bonchev–Trinajstić information content (AvgIpc) is 3.33. The zero-order valence-corrected chi connectivity index (χ0v) is 19.3. The monoisotopic (exact) mass is 491 g/mol. The Balaban J connectivity index is 1.24. The fourth-order valence-electron chi connectivity index (χ4n) is 3.90. The molecule has 1 N–H and O–H groups in total. The van der Waals surface area contributed by atoms with Crippen molar-refractivity contribution in [2.24, 2.45) is 5.92 Å². The van der Waals surface area contributed by atoms with E-state index in [0.29, 0.717) is 41.6 Å². The number of aromatic amines is 1. The summed E-state index contributed by atoms with van der Waals surface area (Å²) in [5.41, 5.74) is 1.02. The summed E-state index contributed by atoms with van der Waals surface area (Å²) >= 11 is 1.57. The molecule has 3 aromatic rings. The number of carbonyl (C=O) groups excluding carboxylic acids is 1. The zero-order chi connectivity index (χ0) is 24.1. The Morgan fingerprint density at radius 2 is 1.74 bits per heavy atom. The first-order chi connectivity index (χ1) is 16.3. The molecule has 0 aliphatic carbocycles. The highest BCUT2D eigenvalue weighted by Crippen LogP contribution is 2.32. The van der Waals surface area contributed by atoms with Gasteiger partial charge in [0, 0.05) is 18.3 Å². The van der Waals surface area contributed by atoms with E-state index in [0.717, 1.165) is 36.1 Å². The number of thioether (sulfide) groups is 1. The maximum Gasteiger partial charge on any atom is 0.416 e. The second-order valence-corrected chi connectivity index (χ2v) is 9.57. The molecule has 7 nitrogen and oxygen atoms in total. The molecule has 34 heavy (non-hydrogen) atoms. The Morgan fingerprint density at radius 3 is 2.29 bits per heavy atom. The fraction of sp³-hybridized carbons (Fsp3) is 0.391. The molecule has 1 atom stereocenters. The first kappa shape index (κ1) is 24.1. The van der Waals surface area contributed by atoms with E-state index in [2.05, 4.69) is 27.5 Å². The van der Waals surface area contributed by atoms with Crippen molar-refractivity contribution in [1.29, 1.82) is 0 Å². The van der Waals surface area contributed by atoms with E-state index in [-0.39, 0.29) is 6.09 Å². The van der Waals surface area contributed by atoms with E-state index < -0.39 is 11.7 Å². The molecule has 0 spiro atoms. The third kappa shape index (κ3) is 6.28. The summed E-state index contributed by atoms with van der Waals surface area (Å²) in [6.45, 7) is 3.37. The van der Waals surface area contributed by atoms with Crippen molar-refractivity contribution in [2.45, 2.75) is 42.8 Å². The van der Waals surface area contributed by atoms with Gasteiger partial charge in [0.15, 0.2) is 0 Å². The number of H-pyrrole nitrogens is 1. The lowest BCUT2D eigenvalue weighted by molar-refractivity contribution is -0.137. The van der Waals surface area contributed by atoms with E-state index in [1.54, 1.807) is 28.8 Å². The number of rotatable bonds is 6. The Kier molecular flexibility index (Phi) is 7.40. The van der Waals surface area contributed by atoms with Crippen LogP contribution in [0, 0.1) is 5.92 Å². The van der Waals surface area contributed by atoms with Gasteiger partial charge < -0.3 is 9.64 Å². The molecule has 1 unspecified atom stereocenters. The van der Waals surface area contributed by atoms with Crippen molar-refractivity contribution in [3.63, 3.8) is 0 Å². The normalized spacial score (nSPS) is 15.8. The number of tetrazole rings is 1. The van der Waals surface area contributed by atoms with Crippen LogP contribution < -0.4 is 4.74 Å². The second-order valence-electron chi connectivity index (χ2n) is 8.23. The first-order valence-corrected chi connectivity index (χ1v) is 11.8. The second kappa shape index (κ2) is 10.5. The maximum atomic E-state index is 12.7. The third-order valence-electron chi connectivity index (χ3n) is 5.90. The molecule has 0 radical (unpaired) electrons. The van der Waals surface area contributed by atoms with Crippen molar-refractivity contribution in [3.8, 4) is 5.75 Å². The third-order valence-corrected chi connectivity index (χ3v) is 7.04. The lowest BCUT2D eigenvalue weighted by Gasteiger charge is -2.33. The zero-order valence-electron chi connectivity index (χ0n) is 18.5. The number of alkyl halides is 3. The minimum Gasteiger partial charge on any atom is -0.410 e. The summed E-state index contributed by atoms with van der Waals surface area (Å²) in [4.78, 5) is 14.3. The summed E-state index contributed by atoms with van der Waals surface area (Å²) in [5, 5.41) is 14.9. The molecular formula is C23H24F3N5O2S. The number of carbonyl (C=O) groups is 1. The van der Waals surface area contributed by atoms with Gasteiger partial charge in [0.25, 0.3) is 0 Å². The minimum atomic E-state index is -4.34. The number of amides is 1. The summed E-state index contributed by atoms with van der Waals surface area (Å²) in [5.74, 6) is 0.876. The predicted octanol–water partition coefficient (Wildman–Crippen LogP) is 5.20. The summed E-state index contributed by atoms with van der Waals surface area (Å²) in [6.07, 6.45) is -2.50. The van der Waals surface area contributed by atoms with Gasteiger partial charge in [-0.25, -0.2) is 4.79 Å². The Bertz CT molecular complexity index is 1070. The molecule has 180 valence electrons. The molecule has 1 aromatic heterocycles. The number of halogens is 3. The highest BCUT2D eigenvalue weighted by Gasteiger charge is 2.30. The van der Waals surface area contributed by atoms with Crippen molar-refractivity contribution >= 4 is 17.9 Å².